The number of esters is 1. The van der Waals surface area contributed by atoms with Gasteiger partial charge in [-0.25, -0.2) is 14.6 Å². The van der Waals surface area contributed by atoms with Gasteiger partial charge in [-0.1, -0.05) is 238 Å². The van der Waals surface area contributed by atoms with Crippen molar-refractivity contribution in [1.29, 1.82) is 0 Å². The van der Waals surface area contributed by atoms with Gasteiger partial charge in [0.2, 0.25) is 11.7 Å². The van der Waals surface area contributed by atoms with E-state index in [1.54, 1.807) is 140 Å². The van der Waals surface area contributed by atoms with E-state index in [1.165, 1.54) is 43.5 Å². The highest BCUT2D eigenvalue weighted by Crippen LogP contribution is 2.38. The number of nitrogens with zero attached hydrogens (tertiary/aromatic N) is 1. The number of carbonyl (C=O) groups excluding carboxylic acids is 5. The van der Waals surface area contributed by atoms with Crippen molar-refractivity contribution < 1.29 is 63.5 Å². The topological polar surface area (TPSA) is 239 Å². The molecular weight excluding hydrogens is 1110 g/mol. The van der Waals surface area contributed by atoms with E-state index in [2.05, 4.69) is 28.2 Å². The zero-order chi connectivity index (χ0) is 60.2. The van der Waals surface area contributed by atoms with Crippen LogP contribution in [-0.2, 0) is 14.3 Å². The van der Waals surface area contributed by atoms with Crippen LogP contribution >= 0.6 is 23.2 Å². The lowest BCUT2D eigenvalue weighted by Crippen LogP contribution is -2.20. The second-order valence-corrected chi connectivity index (χ2v) is 18.5. The maximum Gasteiger partial charge on any atom is 0.342 e. The molecule has 0 aliphatic heterocycles. The Labute approximate surface area is 494 Å². The molecule has 0 amide bonds. The minimum absolute atomic E-state index is 0.0179. The van der Waals surface area contributed by atoms with Crippen LogP contribution in [0.4, 0.5) is 0 Å². The highest BCUT2D eigenvalue weighted by atomic mass is 35.5. The minimum Gasteiger partial charge on any atom is -0.507 e. The number of aliphatic hydroxyl groups is 1. The Bertz CT molecular complexity index is 3640. The molecule has 0 spiro atoms. The lowest BCUT2D eigenvalue weighted by molar-refractivity contribution is -0.127. The maximum absolute atomic E-state index is 12.9. The highest BCUT2D eigenvalue weighted by Gasteiger charge is 2.28. The molecule has 1 heterocycles. The number of oxazole rings is 1. The molecule has 0 radical (unpaired) electrons. The number of aromatic hydroxyl groups is 3. The molecule has 5 N–H and O–H groups in total. The molecule has 1 aliphatic carbocycles. The maximum atomic E-state index is 12.9. The van der Waals surface area contributed by atoms with Crippen molar-refractivity contribution in [1.82, 2.24) is 4.98 Å². The number of ether oxygens (including phenoxy) is 1. The summed E-state index contributed by atoms with van der Waals surface area (Å²) in [7, 11) is 0. The number of aliphatic hydroxyl groups excluding tert-OH is 1. The van der Waals surface area contributed by atoms with E-state index in [0.29, 0.717) is 39.5 Å². The Kier molecular flexibility index (Phi) is 24.6. The van der Waals surface area contributed by atoms with E-state index in [1.807, 2.05) is 91.0 Å². The highest BCUT2D eigenvalue weighted by molar-refractivity contribution is 6.97. The summed E-state index contributed by atoms with van der Waals surface area (Å²) in [5, 5.41) is 44.9. The van der Waals surface area contributed by atoms with Crippen molar-refractivity contribution in [3.05, 3.63) is 288 Å². The third-order valence-electron chi connectivity index (χ3n) is 11.7. The summed E-state index contributed by atoms with van der Waals surface area (Å²) < 4.78 is 11.5. The van der Waals surface area contributed by atoms with Gasteiger partial charge in [-0.15, -0.1) is 0 Å². The molecular formula is C68H55Cl2NO13. The van der Waals surface area contributed by atoms with E-state index in [4.69, 9.17) is 19.4 Å². The summed E-state index contributed by atoms with van der Waals surface area (Å²) >= 11 is 8.98. The van der Waals surface area contributed by atoms with E-state index < -0.39 is 34.6 Å². The average Bonchev–Trinajstić information content (AvgIpc) is 4.43. The van der Waals surface area contributed by atoms with Crippen molar-refractivity contribution in [3.63, 3.8) is 0 Å². The third-order valence-corrected chi connectivity index (χ3v) is 12.1. The summed E-state index contributed by atoms with van der Waals surface area (Å²) in [6.45, 7) is 0. The quantitative estimate of drug-likeness (QED) is 0.0312. The standard InChI is InChI=1S/C21H15NO2.C21H16O4.C14H12O2.C7H6O3.C3H6.C2Cl2O2/c23-18-14-8-7-13-17(18)21-22-19(15-9-3-1-4-10-15)20(24-21)16-11-5-2-6-12-16;22-18-14-8-7-13-17(18)21(24)25-20(16-11-5-2-6-12-16)19(23)15-9-3-1-4-10-15;15-13(11-7-3-1-4-8-11)14(16)12-9-5-2-6-10-12;8-6-4-2-1-3-5(6)7(9)10;1-2-3-1;3-1(5)2(4)6/h1-14,23H;1-14,20,22H;1-10,13,15H;1-4,8H,(H,9,10);1-3H2;. The van der Waals surface area contributed by atoms with Crippen LogP contribution in [0.3, 0.4) is 0 Å². The molecule has 11 rings (SSSR count). The van der Waals surface area contributed by atoms with Crippen LogP contribution < -0.4 is 0 Å². The molecule has 14 nitrogen and oxygen atoms in total. The zero-order valence-electron chi connectivity index (χ0n) is 44.7. The number of carboxylic acids is 1. The summed E-state index contributed by atoms with van der Waals surface area (Å²) in [5.41, 5.74) is 5.38. The molecule has 1 aromatic heterocycles. The molecule has 424 valence electrons. The molecule has 16 heteroatoms. The molecule has 10 aromatic rings. The normalized spacial score (nSPS) is 11.3. The number of para-hydroxylation sites is 3. The van der Waals surface area contributed by atoms with Crippen molar-refractivity contribution in [3.8, 4) is 51.3 Å². The van der Waals surface area contributed by atoms with Gasteiger partial charge in [0, 0.05) is 27.8 Å². The first-order valence-electron chi connectivity index (χ1n) is 25.9. The van der Waals surface area contributed by atoms with Crippen molar-refractivity contribution in [2.24, 2.45) is 0 Å². The predicted molar refractivity (Wildman–Crippen MR) is 321 cm³/mol. The second kappa shape index (κ2) is 32.9. The molecule has 84 heavy (non-hydrogen) atoms. The number of hydrogen-bond acceptors (Lipinski definition) is 13. The number of benzene rings is 9. The lowest BCUT2D eigenvalue weighted by atomic mass is 9.99. The van der Waals surface area contributed by atoms with Crippen molar-refractivity contribution in [2.45, 2.75) is 31.5 Å². The molecule has 0 saturated heterocycles. The number of ketones is 2. The van der Waals surface area contributed by atoms with Gasteiger partial charge < -0.3 is 34.7 Å². The number of Topliss-reactive ketones (excluding diaryl/α,β-unsaturated/α-hetero) is 2. The fourth-order valence-electron chi connectivity index (χ4n) is 7.34. The van der Waals surface area contributed by atoms with Crippen LogP contribution in [0.15, 0.2) is 259 Å². The van der Waals surface area contributed by atoms with Crippen LogP contribution in [0.5, 0.6) is 17.2 Å². The number of carbonyl (C=O) groups is 6. The lowest BCUT2D eigenvalue weighted by Gasteiger charge is -2.18. The van der Waals surface area contributed by atoms with Crippen LogP contribution in [0.2, 0.25) is 0 Å². The van der Waals surface area contributed by atoms with E-state index in [9.17, 15) is 44.1 Å². The molecule has 2 atom stereocenters. The number of phenolic OH excluding ortho intramolecular Hbond substituents is 2. The SMILES string of the molecule is C1CC1.O=C(Cl)C(=O)Cl.O=C(O)c1ccccc1O.O=C(OC(C(=O)c1ccccc1)c1ccccc1)c1ccccc1O.O=C(c1ccccc1)C(O)c1ccccc1.Oc1ccccc1-c1nc(-c2ccccc2)c(-c2ccccc2)o1. The van der Waals surface area contributed by atoms with Gasteiger partial charge in [0.25, 0.3) is 0 Å². The van der Waals surface area contributed by atoms with Crippen molar-refractivity contribution >= 4 is 57.2 Å². The second-order valence-electron chi connectivity index (χ2n) is 17.9. The number of rotatable bonds is 13. The number of hydrogen-bond donors (Lipinski definition) is 5. The molecule has 2 unspecified atom stereocenters. The van der Waals surface area contributed by atoms with E-state index in [0.717, 1.165) is 16.8 Å². The largest absolute Gasteiger partial charge is 0.507 e. The van der Waals surface area contributed by atoms with E-state index >= 15 is 0 Å². The summed E-state index contributed by atoms with van der Waals surface area (Å²) in [6, 6.07) is 73.9. The average molecular weight is 1170 g/mol. The van der Waals surface area contributed by atoms with Crippen LogP contribution in [-0.4, -0.2) is 64.5 Å². The third kappa shape index (κ3) is 19.5. The fraction of sp³-hybridized carbons (Fsp3) is 0.0735. The van der Waals surface area contributed by atoms with E-state index in [-0.39, 0.29) is 39.9 Å². The van der Waals surface area contributed by atoms with Gasteiger partial charge >= 0.3 is 22.4 Å². The van der Waals surface area contributed by atoms with Gasteiger partial charge in [0.1, 0.15) is 40.2 Å². The van der Waals surface area contributed by atoms with Gasteiger partial charge in [-0.3, -0.25) is 19.2 Å². The molecule has 1 fully saturated rings. The predicted octanol–water partition coefficient (Wildman–Crippen LogP) is 14.9. The fourth-order valence-corrected chi connectivity index (χ4v) is 7.34. The number of phenols is 3. The van der Waals surface area contributed by atoms with Gasteiger partial charge in [0.15, 0.2) is 17.6 Å². The Balaban J connectivity index is 0.000000177. The summed E-state index contributed by atoms with van der Waals surface area (Å²) in [6.07, 6.45) is 2.33. The van der Waals surface area contributed by atoms with Gasteiger partial charge in [-0.2, -0.15) is 0 Å². The van der Waals surface area contributed by atoms with Crippen LogP contribution in [0, 0.1) is 0 Å². The van der Waals surface area contributed by atoms with Crippen molar-refractivity contribution in [2.75, 3.05) is 0 Å². The number of carboxylic acid groups (broad SMARTS) is 1. The van der Waals surface area contributed by atoms with Crippen LogP contribution in [0.1, 0.15) is 84.0 Å². The molecule has 1 aliphatic rings. The summed E-state index contributed by atoms with van der Waals surface area (Å²) in [5.74, 6) is -1.60. The summed E-state index contributed by atoms with van der Waals surface area (Å²) in [4.78, 5) is 71.0. The first kappa shape index (κ1) is 62.9. The first-order valence-corrected chi connectivity index (χ1v) is 26.7. The minimum atomic E-state index is -1.14. The first-order chi connectivity index (χ1) is 40.6. The Hall–Kier alpha value is -10.3. The smallest absolute Gasteiger partial charge is 0.342 e. The van der Waals surface area contributed by atoms with Gasteiger partial charge in [0.05, 0.1) is 5.56 Å². The Morgan fingerprint density at radius 3 is 1.25 bits per heavy atom. The molecule has 9 aromatic carbocycles. The number of halogens is 2. The zero-order valence-corrected chi connectivity index (χ0v) is 46.2. The number of aromatic carboxylic acids is 1. The Morgan fingerprint density at radius 1 is 0.440 bits per heavy atom. The monoisotopic (exact) mass is 1160 g/mol. The van der Waals surface area contributed by atoms with Gasteiger partial charge in [-0.05, 0) is 65.2 Å². The number of aromatic nitrogens is 1. The molecule has 0 bridgehead atoms. The molecule has 1 saturated carbocycles. The Morgan fingerprint density at radius 2 is 0.821 bits per heavy atom. The van der Waals surface area contributed by atoms with Crippen LogP contribution in [0.25, 0.3) is 34.0 Å².